The maximum atomic E-state index is 5.36. The van der Waals surface area contributed by atoms with Crippen LogP contribution >= 0.6 is 0 Å². The summed E-state index contributed by atoms with van der Waals surface area (Å²) in [5, 5.41) is 3.79. The summed E-state index contributed by atoms with van der Waals surface area (Å²) in [4.78, 5) is 20.8. The van der Waals surface area contributed by atoms with Gasteiger partial charge in [0.25, 0.3) is 0 Å². The lowest BCUT2D eigenvalue weighted by Gasteiger charge is -2.21. The molecule has 0 aliphatic carbocycles. The Morgan fingerprint density at radius 2 is 0.782 bits per heavy atom. The molecular formula is C50H36N4Si. The normalized spacial score (nSPS) is 12.7. The first-order valence-electron chi connectivity index (χ1n) is 18.7. The Labute approximate surface area is 321 Å². The molecule has 260 valence electrons. The fourth-order valence-electron chi connectivity index (χ4n) is 8.13. The van der Waals surface area contributed by atoms with Crippen LogP contribution in [-0.4, -0.2) is 28.0 Å². The number of nitrogens with zero attached hydrogens (tertiary/aromatic N) is 4. The summed E-state index contributed by atoms with van der Waals surface area (Å²) in [6, 6.07) is 63.9. The summed E-state index contributed by atoms with van der Waals surface area (Å²) in [6.07, 6.45) is 0. The van der Waals surface area contributed by atoms with Crippen LogP contribution in [0.4, 0.5) is 0 Å². The van der Waals surface area contributed by atoms with E-state index in [1.165, 1.54) is 15.9 Å². The molecule has 0 bridgehead atoms. The SMILES string of the molecule is C[Si]1(C)c2ccccc2-c2nc(-c3cccc(-c4cccc(-c5cccc(-c6nc(-c7ccccc7)c7ccccc7n6)c5)c4)c3)nc(-c3ccccc3)c21. The van der Waals surface area contributed by atoms with Gasteiger partial charge in [-0.3, -0.25) is 0 Å². The Hall–Kier alpha value is -6.82. The molecule has 0 unspecified atom stereocenters. The van der Waals surface area contributed by atoms with Crippen molar-refractivity contribution in [2.24, 2.45) is 0 Å². The van der Waals surface area contributed by atoms with Crippen molar-refractivity contribution in [3.05, 3.63) is 182 Å². The minimum Gasteiger partial charge on any atom is -0.228 e. The smallest absolute Gasteiger partial charge is 0.160 e. The molecule has 4 nitrogen and oxygen atoms in total. The zero-order valence-corrected chi connectivity index (χ0v) is 31.6. The van der Waals surface area contributed by atoms with E-state index in [4.69, 9.17) is 19.9 Å². The predicted octanol–water partition coefficient (Wildman–Crippen LogP) is 11.2. The molecule has 0 atom stereocenters. The molecule has 10 rings (SSSR count). The molecule has 2 aromatic heterocycles. The van der Waals surface area contributed by atoms with Crippen molar-refractivity contribution >= 4 is 29.4 Å². The Bertz CT molecular complexity index is 2900. The summed E-state index contributed by atoms with van der Waals surface area (Å²) >= 11 is 0. The van der Waals surface area contributed by atoms with E-state index in [0.717, 1.165) is 78.3 Å². The molecule has 0 amide bonds. The summed E-state index contributed by atoms with van der Waals surface area (Å²) in [5.41, 5.74) is 13.9. The van der Waals surface area contributed by atoms with Crippen LogP contribution in [-0.2, 0) is 0 Å². The van der Waals surface area contributed by atoms with Gasteiger partial charge >= 0.3 is 0 Å². The predicted molar refractivity (Wildman–Crippen MR) is 230 cm³/mol. The molecule has 0 radical (unpaired) electrons. The first-order chi connectivity index (χ1) is 27.0. The molecule has 1 aliphatic rings. The highest BCUT2D eigenvalue weighted by Gasteiger charge is 2.41. The van der Waals surface area contributed by atoms with Gasteiger partial charge in [-0.15, -0.1) is 0 Å². The lowest BCUT2D eigenvalue weighted by molar-refractivity contribution is 1.20. The largest absolute Gasteiger partial charge is 0.228 e. The number of hydrogen-bond acceptors (Lipinski definition) is 4. The van der Waals surface area contributed by atoms with Crippen molar-refractivity contribution in [1.29, 1.82) is 0 Å². The number of fused-ring (bicyclic) bond motifs is 4. The van der Waals surface area contributed by atoms with Crippen LogP contribution in [0.3, 0.4) is 0 Å². The number of aromatic nitrogens is 4. The topological polar surface area (TPSA) is 51.6 Å². The van der Waals surface area contributed by atoms with Crippen molar-refractivity contribution in [3.63, 3.8) is 0 Å². The molecule has 55 heavy (non-hydrogen) atoms. The van der Waals surface area contributed by atoms with Crippen molar-refractivity contribution in [2.75, 3.05) is 0 Å². The zero-order valence-electron chi connectivity index (χ0n) is 30.6. The number of para-hydroxylation sites is 1. The fourth-order valence-corrected chi connectivity index (χ4v) is 11.4. The quantitative estimate of drug-likeness (QED) is 0.161. The average Bonchev–Trinajstić information content (AvgIpc) is 3.49. The van der Waals surface area contributed by atoms with E-state index in [-0.39, 0.29) is 0 Å². The number of hydrogen-bond donors (Lipinski definition) is 0. The highest BCUT2D eigenvalue weighted by atomic mass is 28.3. The first kappa shape index (κ1) is 32.8. The van der Waals surface area contributed by atoms with Gasteiger partial charge in [0.15, 0.2) is 11.6 Å². The van der Waals surface area contributed by atoms with Crippen LogP contribution in [0.25, 0.3) is 89.7 Å². The van der Waals surface area contributed by atoms with Gasteiger partial charge in [0, 0.05) is 27.6 Å². The van der Waals surface area contributed by atoms with Gasteiger partial charge in [0.1, 0.15) is 8.07 Å². The third-order valence-corrected chi connectivity index (χ3v) is 14.4. The third-order valence-electron chi connectivity index (χ3n) is 10.9. The van der Waals surface area contributed by atoms with Crippen LogP contribution in [0.2, 0.25) is 13.1 Å². The molecule has 0 N–H and O–H groups in total. The van der Waals surface area contributed by atoms with Crippen molar-refractivity contribution in [3.8, 4) is 78.8 Å². The maximum Gasteiger partial charge on any atom is 0.160 e. The lowest BCUT2D eigenvalue weighted by Crippen LogP contribution is -2.50. The molecule has 5 heteroatoms. The molecule has 3 heterocycles. The second-order valence-corrected chi connectivity index (χ2v) is 19.0. The average molecular weight is 721 g/mol. The van der Waals surface area contributed by atoms with Gasteiger partial charge in [0.2, 0.25) is 0 Å². The lowest BCUT2D eigenvalue weighted by atomic mass is 9.96. The second-order valence-electron chi connectivity index (χ2n) is 14.7. The van der Waals surface area contributed by atoms with Gasteiger partial charge in [0.05, 0.1) is 22.6 Å². The van der Waals surface area contributed by atoms with Crippen molar-refractivity contribution < 1.29 is 0 Å². The Morgan fingerprint density at radius 1 is 0.345 bits per heavy atom. The van der Waals surface area contributed by atoms with Gasteiger partial charge < -0.3 is 0 Å². The van der Waals surface area contributed by atoms with E-state index < -0.39 is 8.07 Å². The van der Waals surface area contributed by atoms with Gasteiger partial charge in [-0.2, -0.15) is 0 Å². The highest BCUT2D eigenvalue weighted by Crippen LogP contribution is 2.36. The molecule has 0 fully saturated rings. The van der Waals surface area contributed by atoms with E-state index in [1.54, 1.807) is 0 Å². The first-order valence-corrected chi connectivity index (χ1v) is 21.7. The highest BCUT2D eigenvalue weighted by molar-refractivity contribution is 7.04. The summed E-state index contributed by atoms with van der Waals surface area (Å²) in [5.74, 6) is 1.45. The molecule has 0 spiro atoms. The van der Waals surface area contributed by atoms with Crippen LogP contribution in [0, 0.1) is 0 Å². The third kappa shape index (κ3) is 5.77. The molecule has 7 aromatic carbocycles. The van der Waals surface area contributed by atoms with Gasteiger partial charge in [-0.05, 0) is 62.5 Å². The van der Waals surface area contributed by atoms with Crippen LogP contribution in [0.1, 0.15) is 0 Å². The van der Waals surface area contributed by atoms with E-state index in [0.29, 0.717) is 5.82 Å². The Morgan fingerprint density at radius 3 is 1.42 bits per heavy atom. The van der Waals surface area contributed by atoms with Gasteiger partial charge in [-0.1, -0.05) is 171 Å². The molecule has 1 aliphatic heterocycles. The van der Waals surface area contributed by atoms with E-state index >= 15 is 0 Å². The summed E-state index contributed by atoms with van der Waals surface area (Å²) < 4.78 is 0. The fraction of sp³-hybridized carbons (Fsp3) is 0.0400. The number of rotatable bonds is 6. The van der Waals surface area contributed by atoms with Crippen LogP contribution in [0.5, 0.6) is 0 Å². The summed E-state index contributed by atoms with van der Waals surface area (Å²) in [7, 11) is -2.02. The van der Waals surface area contributed by atoms with E-state index in [2.05, 4.69) is 177 Å². The Balaban J connectivity index is 1.04. The zero-order chi connectivity index (χ0) is 36.9. The standard InChI is InChI=1S/C50H36N4Si/c1-55(2)44-29-12-10-27-42(44)47-48(55)46(34-18-7-4-8-19-34)53-50(54-47)40-25-15-23-38(32-40)36-21-13-20-35(30-36)37-22-14-24-39(31-37)49-51-43-28-11-9-26-41(43)45(52-49)33-16-5-3-6-17-33/h3-32H,1-2H3. The molecular weight excluding hydrogens is 685 g/mol. The maximum absolute atomic E-state index is 5.36. The van der Waals surface area contributed by atoms with Gasteiger partial charge in [-0.25, -0.2) is 19.9 Å². The second kappa shape index (κ2) is 13.2. The Kier molecular flexibility index (Phi) is 7.89. The monoisotopic (exact) mass is 720 g/mol. The minimum atomic E-state index is -2.02. The molecule has 9 aromatic rings. The van der Waals surface area contributed by atoms with E-state index in [9.17, 15) is 0 Å². The summed E-state index contributed by atoms with van der Waals surface area (Å²) in [6.45, 7) is 4.85. The molecule has 0 saturated carbocycles. The van der Waals surface area contributed by atoms with Crippen LogP contribution < -0.4 is 10.4 Å². The van der Waals surface area contributed by atoms with E-state index in [1.807, 2.05) is 18.2 Å². The van der Waals surface area contributed by atoms with Crippen molar-refractivity contribution in [1.82, 2.24) is 19.9 Å². The van der Waals surface area contributed by atoms with Crippen LogP contribution in [0.15, 0.2) is 182 Å². The minimum absolute atomic E-state index is 0.709. The molecule has 0 saturated heterocycles. The van der Waals surface area contributed by atoms with Crippen molar-refractivity contribution in [2.45, 2.75) is 13.1 Å². The number of benzene rings is 7.